The molecule has 0 fully saturated rings. The number of carbonyl (C=O) groups is 1. The molecule has 9 heteroatoms. The highest BCUT2D eigenvalue weighted by Gasteiger charge is 2.20. The van der Waals surface area contributed by atoms with Gasteiger partial charge in [-0.1, -0.05) is 17.7 Å². The van der Waals surface area contributed by atoms with Gasteiger partial charge in [0.05, 0.1) is 28.9 Å². The van der Waals surface area contributed by atoms with Crippen LogP contribution in [0.25, 0.3) is 22.1 Å². The van der Waals surface area contributed by atoms with Crippen molar-refractivity contribution in [3.05, 3.63) is 53.1 Å². The first kappa shape index (κ1) is 17.2. The Labute approximate surface area is 157 Å². The van der Waals surface area contributed by atoms with Crippen molar-refractivity contribution in [2.75, 3.05) is 12.4 Å². The average Bonchev–Trinajstić information content (AvgIpc) is 2.99. The fourth-order valence-corrected chi connectivity index (χ4v) is 3.08. The molecule has 1 N–H and O–H groups in total. The maximum absolute atomic E-state index is 14.1. The number of nitrogens with one attached hydrogen (secondary N) is 1. The summed E-state index contributed by atoms with van der Waals surface area (Å²) in [5.74, 6) is -0.698. The van der Waals surface area contributed by atoms with Crippen LogP contribution in [0.4, 0.5) is 16.0 Å². The zero-order chi connectivity index (χ0) is 19.1. The largest absolute Gasteiger partial charge is 0.465 e. The summed E-state index contributed by atoms with van der Waals surface area (Å²) >= 11 is 6.09. The summed E-state index contributed by atoms with van der Waals surface area (Å²) in [6, 6.07) is 6.02. The summed E-state index contributed by atoms with van der Waals surface area (Å²) in [4.78, 5) is 25.2. The molecule has 0 saturated heterocycles. The molecule has 27 heavy (non-hydrogen) atoms. The van der Waals surface area contributed by atoms with Crippen molar-refractivity contribution < 1.29 is 13.9 Å². The number of hydrogen-bond donors (Lipinski definition) is 1. The van der Waals surface area contributed by atoms with E-state index in [-0.39, 0.29) is 16.3 Å². The van der Waals surface area contributed by atoms with E-state index in [4.69, 9.17) is 16.3 Å². The highest BCUT2D eigenvalue weighted by atomic mass is 35.5. The van der Waals surface area contributed by atoms with Gasteiger partial charge in [-0.2, -0.15) is 0 Å². The number of rotatable bonds is 3. The van der Waals surface area contributed by atoms with Crippen LogP contribution in [0.5, 0.6) is 0 Å². The Morgan fingerprint density at radius 1 is 1.22 bits per heavy atom. The lowest BCUT2D eigenvalue weighted by molar-refractivity contribution is 0.0603. The topological polar surface area (TPSA) is 81.9 Å². The monoisotopic (exact) mass is 385 g/mol. The lowest BCUT2D eigenvalue weighted by Gasteiger charge is -2.09. The minimum atomic E-state index is -0.532. The second-order valence-corrected chi connectivity index (χ2v) is 6.16. The second kappa shape index (κ2) is 6.48. The predicted octanol–water partition coefficient (Wildman–Crippen LogP) is 3.84. The molecule has 4 aromatic rings. The molecule has 2 aromatic carbocycles. The van der Waals surface area contributed by atoms with E-state index in [9.17, 15) is 9.18 Å². The Kier molecular flexibility index (Phi) is 4.12. The molecule has 4 rings (SSSR count). The predicted molar refractivity (Wildman–Crippen MR) is 99.8 cm³/mol. The standard InChI is InChI=1S/C18H13ClFN5O2/c1-25-12-8-9(17(26)27-2)13-16(22-7-6-21-13)15(12)24-18(25)23-14-10(19)4-3-5-11(14)20/h3-8H,1-2H3,(H,23,24). The number of halogens is 2. The van der Waals surface area contributed by atoms with Crippen LogP contribution in [0.3, 0.4) is 0 Å². The van der Waals surface area contributed by atoms with Crippen molar-refractivity contribution in [3.63, 3.8) is 0 Å². The minimum Gasteiger partial charge on any atom is -0.465 e. The Balaban J connectivity index is 1.96. The number of para-hydroxylation sites is 1. The number of fused-ring (bicyclic) bond motifs is 3. The van der Waals surface area contributed by atoms with Crippen LogP contribution in [-0.2, 0) is 11.8 Å². The zero-order valence-electron chi connectivity index (χ0n) is 14.3. The molecule has 0 aliphatic rings. The zero-order valence-corrected chi connectivity index (χ0v) is 15.1. The van der Waals surface area contributed by atoms with Gasteiger partial charge in [0, 0.05) is 19.4 Å². The summed E-state index contributed by atoms with van der Waals surface area (Å²) in [5, 5.41) is 3.13. The Bertz CT molecular complexity index is 1190. The summed E-state index contributed by atoms with van der Waals surface area (Å²) < 4.78 is 20.7. The smallest absolute Gasteiger partial charge is 0.340 e. The third-order valence-electron chi connectivity index (χ3n) is 4.20. The molecule has 0 bridgehead atoms. The van der Waals surface area contributed by atoms with Gasteiger partial charge in [0.25, 0.3) is 0 Å². The summed E-state index contributed by atoms with van der Waals surface area (Å²) in [7, 11) is 3.03. The summed E-state index contributed by atoms with van der Waals surface area (Å²) in [5.41, 5.74) is 2.33. The van der Waals surface area contributed by atoms with Crippen molar-refractivity contribution in [2.45, 2.75) is 0 Å². The van der Waals surface area contributed by atoms with Crippen molar-refractivity contribution in [1.82, 2.24) is 19.5 Å². The molecule has 0 spiro atoms. The Morgan fingerprint density at radius 3 is 2.67 bits per heavy atom. The van der Waals surface area contributed by atoms with E-state index in [2.05, 4.69) is 20.3 Å². The molecule has 0 unspecified atom stereocenters. The number of ether oxygens (including phenoxy) is 1. The van der Waals surface area contributed by atoms with Gasteiger partial charge < -0.3 is 14.6 Å². The van der Waals surface area contributed by atoms with Crippen LogP contribution in [0.1, 0.15) is 10.4 Å². The van der Waals surface area contributed by atoms with E-state index >= 15 is 0 Å². The van der Waals surface area contributed by atoms with Crippen LogP contribution in [0.15, 0.2) is 36.7 Å². The van der Waals surface area contributed by atoms with Gasteiger partial charge in [0.15, 0.2) is 0 Å². The molecule has 2 aromatic heterocycles. The van der Waals surface area contributed by atoms with E-state index in [0.717, 1.165) is 0 Å². The van der Waals surface area contributed by atoms with Gasteiger partial charge >= 0.3 is 5.97 Å². The van der Waals surface area contributed by atoms with Crippen molar-refractivity contribution in [3.8, 4) is 0 Å². The fourth-order valence-electron chi connectivity index (χ4n) is 2.87. The second-order valence-electron chi connectivity index (χ2n) is 5.75. The summed E-state index contributed by atoms with van der Waals surface area (Å²) in [6.45, 7) is 0. The number of methoxy groups -OCH3 is 1. The molecule has 136 valence electrons. The molecule has 0 atom stereocenters. The normalized spacial score (nSPS) is 11.1. The van der Waals surface area contributed by atoms with Gasteiger partial charge in [-0.15, -0.1) is 0 Å². The van der Waals surface area contributed by atoms with E-state index in [0.29, 0.717) is 28.0 Å². The highest BCUT2D eigenvalue weighted by molar-refractivity contribution is 6.33. The first-order chi connectivity index (χ1) is 13.0. The SMILES string of the molecule is COC(=O)c1cc2c(nc(Nc3c(F)cccc3Cl)n2C)c2nccnc12. The maximum atomic E-state index is 14.1. The van der Waals surface area contributed by atoms with Gasteiger partial charge in [-0.25, -0.2) is 14.2 Å². The molecular weight excluding hydrogens is 373 g/mol. The quantitative estimate of drug-likeness (QED) is 0.539. The van der Waals surface area contributed by atoms with Crippen LogP contribution in [0, 0.1) is 5.82 Å². The molecule has 0 amide bonds. The van der Waals surface area contributed by atoms with Crippen molar-refractivity contribution in [2.24, 2.45) is 7.05 Å². The molecule has 0 aliphatic heterocycles. The number of esters is 1. The van der Waals surface area contributed by atoms with Gasteiger partial charge in [0.1, 0.15) is 22.4 Å². The van der Waals surface area contributed by atoms with E-state index in [1.54, 1.807) is 23.7 Å². The molecule has 0 aliphatic carbocycles. The Morgan fingerprint density at radius 2 is 1.96 bits per heavy atom. The molecule has 0 radical (unpaired) electrons. The number of aryl methyl sites for hydroxylation is 1. The first-order valence-electron chi connectivity index (χ1n) is 7.90. The van der Waals surface area contributed by atoms with E-state index < -0.39 is 11.8 Å². The number of anilines is 2. The highest BCUT2D eigenvalue weighted by Crippen LogP contribution is 2.32. The number of carbonyl (C=O) groups excluding carboxylic acids is 1. The first-order valence-corrected chi connectivity index (χ1v) is 8.28. The average molecular weight is 386 g/mol. The number of benzene rings is 2. The maximum Gasteiger partial charge on any atom is 0.340 e. The number of nitrogens with zero attached hydrogens (tertiary/aromatic N) is 4. The number of imidazole rings is 1. The van der Waals surface area contributed by atoms with Gasteiger partial charge in [-0.3, -0.25) is 9.97 Å². The Hall–Kier alpha value is -3.26. The van der Waals surface area contributed by atoms with Crippen molar-refractivity contribution >= 4 is 51.3 Å². The fraction of sp³-hybridized carbons (Fsp3) is 0.111. The number of hydrogen-bond acceptors (Lipinski definition) is 6. The molecule has 7 nitrogen and oxygen atoms in total. The number of aromatic nitrogens is 4. The lowest BCUT2D eigenvalue weighted by atomic mass is 10.1. The van der Waals surface area contributed by atoms with E-state index in [1.807, 2.05) is 0 Å². The van der Waals surface area contributed by atoms with Gasteiger partial charge in [0.2, 0.25) is 5.95 Å². The summed E-state index contributed by atoms with van der Waals surface area (Å²) in [6.07, 6.45) is 3.00. The molecule has 0 saturated carbocycles. The van der Waals surface area contributed by atoms with Crippen molar-refractivity contribution in [1.29, 1.82) is 0 Å². The van der Waals surface area contributed by atoms with E-state index in [1.165, 1.54) is 31.6 Å². The minimum absolute atomic E-state index is 0.112. The van der Waals surface area contributed by atoms with Crippen LogP contribution in [-0.4, -0.2) is 32.6 Å². The lowest BCUT2D eigenvalue weighted by Crippen LogP contribution is -2.05. The molecule has 2 heterocycles. The molecular formula is C18H13ClFN5O2. The third-order valence-corrected chi connectivity index (χ3v) is 4.52. The van der Waals surface area contributed by atoms with Gasteiger partial charge in [-0.05, 0) is 18.2 Å². The van der Waals surface area contributed by atoms with Crippen LogP contribution >= 0.6 is 11.6 Å². The van der Waals surface area contributed by atoms with Crippen LogP contribution < -0.4 is 5.32 Å². The van der Waals surface area contributed by atoms with Crippen LogP contribution in [0.2, 0.25) is 5.02 Å². The third kappa shape index (κ3) is 2.74.